The zero-order valence-electron chi connectivity index (χ0n) is 14.5. The number of nitrogens with one attached hydrogen (secondary N) is 1. The summed E-state index contributed by atoms with van der Waals surface area (Å²) in [6.45, 7) is 1.27. The van der Waals surface area contributed by atoms with Crippen molar-refractivity contribution in [2.45, 2.75) is 43.7 Å². The van der Waals surface area contributed by atoms with E-state index in [1.165, 1.54) is 4.90 Å². The molecule has 3 rings (SSSR count). The van der Waals surface area contributed by atoms with E-state index in [9.17, 15) is 10.4 Å². The number of benzene rings is 1. The summed E-state index contributed by atoms with van der Waals surface area (Å²) in [7, 11) is 3.31. The zero-order valence-corrected chi connectivity index (χ0v) is 14.5. The highest BCUT2D eigenvalue weighted by Gasteiger charge is 2.52. The Balaban J connectivity index is 2.04. The van der Waals surface area contributed by atoms with E-state index in [-0.39, 0.29) is 12.0 Å². The summed E-state index contributed by atoms with van der Waals surface area (Å²) in [5, 5.41) is 20.5. The molecule has 1 saturated carbocycles. The quantitative estimate of drug-likeness (QED) is 0.820. The number of quaternary nitrogens is 1. The third-order valence-electron chi connectivity index (χ3n) is 5.87. The molecule has 4 atom stereocenters. The van der Waals surface area contributed by atoms with Crippen molar-refractivity contribution < 1.29 is 19.5 Å². The summed E-state index contributed by atoms with van der Waals surface area (Å²) in [5.74, 6) is 1.71. The summed E-state index contributed by atoms with van der Waals surface area (Å²) in [6.07, 6.45) is 4.89. The van der Waals surface area contributed by atoms with Gasteiger partial charge in [-0.3, -0.25) is 0 Å². The fraction of sp³-hybridized carbons (Fsp3) is 0.632. The summed E-state index contributed by atoms with van der Waals surface area (Å²) < 4.78 is 10.9. The molecule has 2 N–H and O–H groups in total. The van der Waals surface area contributed by atoms with E-state index in [1.807, 2.05) is 18.2 Å². The van der Waals surface area contributed by atoms with Crippen LogP contribution in [0, 0.1) is 17.2 Å². The molecule has 1 aromatic rings. The normalized spacial score (nSPS) is 32.5. The Labute approximate surface area is 143 Å². The fourth-order valence-electron chi connectivity index (χ4n) is 4.67. The SMILES string of the molecule is COc1ccc([C@H]2[C@@H]3CCCC[C@]3(O)CC[NH+]2CC#N)c(OC)c1. The maximum atomic E-state index is 11.2. The number of hydrogen-bond donors (Lipinski definition) is 2. The maximum Gasteiger partial charge on any atom is 0.165 e. The highest BCUT2D eigenvalue weighted by atomic mass is 16.5. The van der Waals surface area contributed by atoms with Gasteiger partial charge < -0.3 is 19.5 Å². The Kier molecular flexibility index (Phi) is 4.98. The molecule has 5 nitrogen and oxygen atoms in total. The van der Waals surface area contributed by atoms with E-state index in [4.69, 9.17) is 9.47 Å². The van der Waals surface area contributed by atoms with Crippen molar-refractivity contribution in [1.29, 1.82) is 5.26 Å². The number of fused-ring (bicyclic) bond motifs is 1. The van der Waals surface area contributed by atoms with Crippen LogP contribution in [0.1, 0.15) is 43.7 Å². The first-order valence-corrected chi connectivity index (χ1v) is 8.79. The third kappa shape index (κ3) is 2.97. The molecule has 1 aromatic carbocycles. The minimum Gasteiger partial charge on any atom is -0.497 e. The van der Waals surface area contributed by atoms with Gasteiger partial charge in [0.1, 0.15) is 23.6 Å². The lowest BCUT2D eigenvalue weighted by molar-refractivity contribution is -0.938. The van der Waals surface area contributed by atoms with Crippen molar-refractivity contribution in [3.05, 3.63) is 23.8 Å². The first kappa shape index (κ1) is 17.1. The fourth-order valence-corrected chi connectivity index (χ4v) is 4.67. The number of likely N-dealkylation sites (tertiary alicyclic amines) is 1. The molecule has 1 saturated heterocycles. The number of rotatable bonds is 4. The summed E-state index contributed by atoms with van der Waals surface area (Å²) in [4.78, 5) is 1.23. The molecule has 5 heteroatoms. The topological polar surface area (TPSA) is 66.9 Å². The monoisotopic (exact) mass is 331 g/mol. The largest absolute Gasteiger partial charge is 0.497 e. The predicted octanol–water partition coefficient (Wildman–Crippen LogP) is 1.48. The Hall–Kier alpha value is -1.77. The second-order valence-corrected chi connectivity index (χ2v) is 7.03. The first-order valence-electron chi connectivity index (χ1n) is 8.79. The smallest absolute Gasteiger partial charge is 0.165 e. The third-order valence-corrected chi connectivity index (χ3v) is 5.87. The number of methoxy groups -OCH3 is 2. The van der Waals surface area contributed by atoms with Gasteiger partial charge in [0.05, 0.1) is 31.9 Å². The van der Waals surface area contributed by atoms with Crippen molar-refractivity contribution in [2.75, 3.05) is 27.3 Å². The van der Waals surface area contributed by atoms with E-state index in [0.29, 0.717) is 6.54 Å². The number of nitriles is 1. The molecule has 0 radical (unpaired) electrons. The Morgan fingerprint density at radius 1 is 1.29 bits per heavy atom. The van der Waals surface area contributed by atoms with Crippen LogP contribution >= 0.6 is 0 Å². The van der Waals surface area contributed by atoms with Gasteiger partial charge in [0, 0.05) is 18.4 Å². The van der Waals surface area contributed by atoms with Crippen LogP contribution in [0.2, 0.25) is 0 Å². The van der Waals surface area contributed by atoms with Gasteiger partial charge in [-0.05, 0) is 25.0 Å². The minimum absolute atomic E-state index is 0.0876. The number of nitrogens with zero attached hydrogens (tertiary/aromatic N) is 1. The average Bonchev–Trinajstić information content (AvgIpc) is 2.61. The van der Waals surface area contributed by atoms with E-state index in [0.717, 1.165) is 55.7 Å². The van der Waals surface area contributed by atoms with E-state index < -0.39 is 5.60 Å². The molecule has 1 aliphatic carbocycles. The van der Waals surface area contributed by atoms with E-state index in [1.54, 1.807) is 14.2 Å². The van der Waals surface area contributed by atoms with Crippen molar-refractivity contribution in [3.63, 3.8) is 0 Å². The molecule has 1 unspecified atom stereocenters. The van der Waals surface area contributed by atoms with E-state index >= 15 is 0 Å². The summed E-state index contributed by atoms with van der Waals surface area (Å²) >= 11 is 0. The molecule has 0 spiro atoms. The average molecular weight is 331 g/mol. The van der Waals surface area contributed by atoms with Gasteiger partial charge in [0.2, 0.25) is 0 Å². The van der Waals surface area contributed by atoms with E-state index in [2.05, 4.69) is 6.07 Å². The lowest BCUT2D eigenvalue weighted by Gasteiger charge is -2.49. The van der Waals surface area contributed by atoms with Crippen LogP contribution in [0.5, 0.6) is 11.5 Å². The number of hydrogen-bond acceptors (Lipinski definition) is 4. The van der Waals surface area contributed by atoms with Crippen LogP contribution in [0.3, 0.4) is 0 Å². The second-order valence-electron chi connectivity index (χ2n) is 7.03. The van der Waals surface area contributed by atoms with Gasteiger partial charge in [-0.15, -0.1) is 0 Å². The number of ether oxygens (including phenoxy) is 2. The number of piperidine rings is 1. The van der Waals surface area contributed by atoms with Crippen LogP contribution in [-0.2, 0) is 0 Å². The van der Waals surface area contributed by atoms with Gasteiger partial charge in [-0.25, -0.2) is 0 Å². The van der Waals surface area contributed by atoms with Gasteiger partial charge in [-0.1, -0.05) is 12.8 Å². The maximum absolute atomic E-state index is 11.2. The zero-order chi connectivity index (χ0) is 17.2. The summed E-state index contributed by atoms with van der Waals surface area (Å²) in [5.41, 5.74) is 0.473. The second kappa shape index (κ2) is 7.00. The van der Waals surface area contributed by atoms with Gasteiger partial charge in [-0.2, -0.15) is 5.26 Å². The summed E-state index contributed by atoms with van der Waals surface area (Å²) in [6, 6.07) is 8.29. The molecule has 0 aromatic heterocycles. The van der Waals surface area contributed by atoms with Gasteiger partial charge in [0.25, 0.3) is 0 Å². The Morgan fingerprint density at radius 2 is 2.12 bits per heavy atom. The minimum atomic E-state index is -0.604. The van der Waals surface area contributed by atoms with Crippen molar-refractivity contribution >= 4 is 0 Å². The van der Waals surface area contributed by atoms with Crippen molar-refractivity contribution in [3.8, 4) is 17.6 Å². The molecule has 0 amide bonds. The molecule has 130 valence electrons. The molecule has 1 aliphatic heterocycles. The van der Waals surface area contributed by atoms with Crippen LogP contribution in [-0.4, -0.2) is 38.0 Å². The van der Waals surface area contributed by atoms with Crippen LogP contribution < -0.4 is 14.4 Å². The highest BCUT2D eigenvalue weighted by molar-refractivity contribution is 5.42. The lowest BCUT2D eigenvalue weighted by atomic mass is 9.66. The van der Waals surface area contributed by atoms with Gasteiger partial charge in [0.15, 0.2) is 6.54 Å². The van der Waals surface area contributed by atoms with Crippen LogP contribution in [0.25, 0.3) is 0 Å². The lowest BCUT2D eigenvalue weighted by Crippen LogP contribution is -3.15. The van der Waals surface area contributed by atoms with Gasteiger partial charge >= 0.3 is 0 Å². The molecular weight excluding hydrogens is 304 g/mol. The highest BCUT2D eigenvalue weighted by Crippen LogP contribution is 2.46. The predicted molar refractivity (Wildman–Crippen MR) is 90.1 cm³/mol. The Bertz CT molecular complexity index is 628. The molecule has 1 heterocycles. The molecule has 0 bridgehead atoms. The van der Waals surface area contributed by atoms with Crippen molar-refractivity contribution in [2.24, 2.45) is 5.92 Å². The Morgan fingerprint density at radius 3 is 2.83 bits per heavy atom. The van der Waals surface area contributed by atoms with Crippen molar-refractivity contribution in [1.82, 2.24) is 0 Å². The van der Waals surface area contributed by atoms with Crippen LogP contribution in [0.4, 0.5) is 0 Å². The first-order chi connectivity index (χ1) is 11.6. The number of aliphatic hydroxyl groups is 1. The molecule has 24 heavy (non-hydrogen) atoms. The van der Waals surface area contributed by atoms with Crippen LogP contribution in [0.15, 0.2) is 18.2 Å². The standard InChI is InChI=1S/C19H26N2O3/c1-23-14-6-7-15(17(13-14)24-2)18-16-5-3-4-8-19(16,22)9-11-21(18)12-10-20/h6-7,13,16,18,22H,3-5,8-9,11-12H2,1-2H3/p+1/t16-,18-,19-/m0/s1. The molecule has 2 aliphatic rings. The molecular formula is C19H27N2O3+. The molecule has 2 fully saturated rings.